The fourth-order valence-electron chi connectivity index (χ4n) is 3.56. The predicted octanol–water partition coefficient (Wildman–Crippen LogP) is 3.88. The van der Waals surface area contributed by atoms with E-state index >= 15 is 0 Å². The predicted molar refractivity (Wildman–Crippen MR) is 117 cm³/mol. The first-order chi connectivity index (χ1) is 13.6. The summed E-state index contributed by atoms with van der Waals surface area (Å²) in [5, 5.41) is 4.16. The maximum absolute atomic E-state index is 6.09. The summed E-state index contributed by atoms with van der Waals surface area (Å²) in [6.07, 6.45) is 2.94. The van der Waals surface area contributed by atoms with E-state index in [-0.39, 0.29) is 12.2 Å². The van der Waals surface area contributed by atoms with Gasteiger partial charge in [0, 0.05) is 29.5 Å². The van der Waals surface area contributed by atoms with Gasteiger partial charge < -0.3 is 16.0 Å². The van der Waals surface area contributed by atoms with Crippen LogP contribution < -0.4 is 16.0 Å². The summed E-state index contributed by atoms with van der Waals surface area (Å²) in [6.45, 7) is 4.11. The molecule has 146 valence electrons. The van der Waals surface area contributed by atoms with E-state index in [1.165, 1.54) is 5.56 Å². The third-order valence-corrected chi connectivity index (χ3v) is 5.33. The Balaban J connectivity index is 1.70. The van der Waals surface area contributed by atoms with Crippen molar-refractivity contribution in [3.63, 3.8) is 0 Å². The van der Waals surface area contributed by atoms with Crippen LogP contribution in [0.25, 0.3) is 0 Å². The lowest BCUT2D eigenvalue weighted by atomic mass is 10.1. The van der Waals surface area contributed by atoms with Crippen molar-refractivity contribution in [2.24, 2.45) is 15.7 Å². The van der Waals surface area contributed by atoms with Gasteiger partial charge in [0.1, 0.15) is 0 Å². The lowest BCUT2D eigenvalue weighted by Crippen LogP contribution is -2.54. The van der Waals surface area contributed by atoms with Crippen molar-refractivity contribution in [3.05, 3.63) is 59.1 Å². The van der Waals surface area contributed by atoms with Crippen LogP contribution in [-0.4, -0.2) is 36.2 Å². The summed E-state index contributed by atoms with van der Waals surface area (Å²) in [5.41, 5.74) is 9.34. The first-order valence-electron chi connectivity index (χ1n) is 9.71. The first-order valence-corrected chi connectivity index (χ1v) is 10.1. The molecule has 28 heavy (non-hydrogen) atoms. The zero-order chi connectivity index (χ0) is 19.5. The Kier molecular flexibility index (Phi) is 5.39. The molecular weight excluding hydrogens is 372 g/mol. The molecule has 2 aliphatic rings. The minimum absolute atomic E-state index is 0.287. The summed E-state index contributed by atoms with van der Waals surface area (Å²) in [7, 11) is 0. The van der Waals surface area contributed by atoms with Crippen LogP contribution in [0.2, 0.25) is 5.02 Å². The molecule has 0 radical (unpaired) electrons. The highest BCUT2D eigenvalue weighted by atomic mass is 35.5. The molecule has 3 N–H and O–H groups in total. The fourth-order valence-corrected chi connectivity index (χ4v) is 3.68. The number of halogens is 1. The van der Waals surface area contributed by atoms with E-state index in [1.807, 2.05) is 24.3 Å². The summed E-state index contributed by atoms with van der Waals surface area (Å²) in [4.78, 5) is 13.6. The number of nitrogens with two attached hydrogens (primary N) is 1. The Hall–Kier alpha value is -2.73. The van der Waals surface area contributed by atoms with Crippen LogP contribution in [0.1, 0.15) is 25.3 Å². The zero-order valence-corrected chi connectivity index (χ0v) is 16.7. The van der Waals surface area contributed by atoms with E-state index in [1.54, 1.807) is 0 Å². The molecule has 2 aliphatic heterocycles. The number of aryl methyl sites for hydroxylation is 1. The summed E-state index contributed by atoms with van der Waals surface area (Å²) in [5.74, 6) is 1.13. The van der Waals surface area contributed by atoms with E-state index in [4.69, 9.17) is 17.3 Å². The molecule has 7 heteroatoms. The number of guanidine groups is 2. The number of hydrogen-bond acceptors (Lipinski definition) is 6. The summed E-state index contributed by atoms with van der Waals surface area (Å²) < 4.78 is 0. The molecule has 6 nitrogen and oxygen atoms in total. The van der Waals surface area contributed by atoms with E-state index in [0.29, 0.717) is 5.02 Å². The number of hydrogen-bond donors (Lipinski definition) is 2. The van der Waals surface area contributed by atoms with Crippen molar-refractivity contribution < 1.29 is 0 Å². The normalized spacial score (nSPS) is 19.4. The molecule has 4 rings (SSSR count). The molecule has 1 fully saturated rings. The van der Waals surface area contributed by atoms with Crippen molar-refractivity contribution in [3.8, 4) is 0 Å². The maximum atomic E-state index is 6.09. The largest absolute Gasteiger partial charge is 0.368 e. The van der Waals surface area contributed by atoms with Crippen LogP contribution in [0.4, 0.5) is 11.4 Å². The number of benzene rings is 2. The second-order valence-electron chi connectivity index (χ2n) is 7.01. The molecule has 0 aromatic heterocycles. The number of rotatable bonds is 4. The first kappa shape index (κ1) is 18.6. The molecule has 1 saturated heterocycles. The van der Waals surface area contributed by atoms with Crippen LogP contribution >= 0.6 is 11.6 Å². The average Bonchev–Trinajstić information content (AvgIpc) is 3.24. The topological polar surface area (TPSA) is 69.2 Å². The van der Waals surface area contributed by atoms with Crippen LogP contribution in [-0.2, 0) is 6.42 Å². The van der Waals surface area contributed by atoms with Gasteiger partial charge in [0.05, 0.1) is 0 Å². The third kappa shape index (κ3) is 3.92. The zero-order valence-electron chi connectivity index (χ0n) is 16.0. The Morgan fingerprint density at radius 2 is 1.75 bits per heavy atom. The maximum Gasteiger partial charge on any atom is 0.222 e. The van der Waals surface area contributed by atoms with Crippen molar-refractivity contribution in [1.29, 1.82) is 0 Å². The average molecular weight is 397 g/mol. The van der Waals surface area contributed by atoms with Crippen LogP contribution in [0, 0.1) is 0 Å². The Morgan fingerprint density at radius 1 is 1.07 bits per heavy atom. The van der Waals surface area contributed by atoms with Crippen molar-refractivity contribution >= 4 is 34.9 Å². The van der Waals surface area contributed by atoms with Crippen LogP contribution in [0.15, 0.2) is 58.5 Å². The smallest absolute Gasteiger partial charge is 0.222 e. The van der Waals surface area contributed by atoms with Crippen molar-refractivity contribution in [2.45, 2.75) is 32.5 Å². The third-order valence-electron chi connectivity index (χ3n) is 5.08. The van der Waals surface area contributed by atoms with Gasteiger partial charge in [-0.25, -0.2) is 4.99 Å². The standard InChI is InChI=1S/C21H25ClN6/c1-2-15-5-11-18(12-6-15)28-20(24-17-9-7-16(22)8-10-17)25-19(23)26-21(28)27-13-3-4-14-27/h5-12,20,24H,2-4,13-14H2,1H3,(H2,23,25). The minimum Gasteiger partial charge on any atom is -0.368 e. The number of anilines is 2. The molecule has 1 unspecified atom stereocenters. The van der Waals surface area contributed by atoms with E-state index in [0.717, 1.165) is 49.7 Å². The van der Waals surface area contributed by atoms with Crippen LogP contribution in [0.5, 0.6) is 0 Å². The number of aliphatic imine (C=N–C) groups is 2. The highest BCUT2D eigenvalue weighted by Crippen LogP contribution is 2.26. The number of likely N-dealkylation sites (tertiary alicyclic amines) is 1. The highest BCUT2D eigenvalue weighted by Gasteiger charge is 2.32. The molecule has 0 saturated carbocycles. The van der Waals surface area contributed by atoms with E-state index in [2.05, 4.69) is 56.3 Å². The second kappa shape index (κ2) is 8.10. The van der Waals surface area contributed by atoms with Crippen molar-refractivity contribution in [2.75, 3.05) is 23.3 Å². The van der Waals surface area contributed by atoms with Gasteiger partial charge in [-0.2, -0.15) is 4.99 Å². The van der Waals surface area contributed by atoms with Gasteiger partial charge in [0.2, 0.25) is 18.2 Å². The van der Waals surface area contributed by atoms with E-state index < -0.39 is 0 Å². The molecule has 2 heterocycles. The molecule has 0 amide bonds. The van der Waals surface area contributed by atoms with Crippen LogP contribution in [0.3, 0.4) is 0 Å². The Bertz CT molecular complexity index is 869. The molecular formula is C21H25ClN6. The minimum atomic E-state index is -0.387. The molecule has 1 atom stereocenters. The van der Waals surface area contributed by atoms with E-state index in [9.17, 15) is 0 Å². The highest BCUT2D eigenvalue weighted by molar-refractivity contribution is 6.30. The molecule has 2 aromatic carbocycles. The number of nitrogens with one attached hydrogen (secondary N) is 1. The van der Waals surface area contributed by atoms with Gasteiger partial charge in [-0.1, -0.05) is 30.7 Å². The van der Waals surface area contributed by atoms with Gasteiger partial charge in [-0.3, -0.25) is 4.90 Å². The van der Waals surface area contributed by atoms with Gasteiger partial charge in [-0.05, 0) is 61.2 Å². The van der Waals surface area contributed by atoms with Gasteiger partial charge >= 0.3 is 0 Å². The molecule has 2 aromatic rings. The quantitative estimate of drug-likeness (QED) is 0.822. The summed E-state index contributed by atoms with van der Waals surface area (Å²) in [6, 6.07) is 16.1. The Labute approximate surface area is 170 Å². The summed E-state index contributed by atoms with van der Waals surface area (Å²) >= 11 is 6.03. The SMILES string of the molecule is CCc1ccc(N2C(N3CCCC3)=NC(N)=NC2Nc2ccc(Cl)cc2)cc1. The van der Waals surface area contributed by atoms with Crippen molar-refractivity contribution in [1.82, 2.24) is 4.90 Å². The molecule has 0 aliphatic carbocycles. The fraction of sp³-hybridized carbons (Fsp3) is 0.333. The van der Waals surface area contributed by atoms with Gasteiger partial charge in [0.25, 0.3) is 0 Å². The number of nitrogens with zero attached hydrogens (tertiary/aromatic N) is 4. The van der Waals surface area contributed by atoms with Gasteiger partial charge in [0.15, 0.2) is 0 Å². The molecule has 0 bridgehead atoms. The van der Waals surface area contributed by atoms with Gasteiger partial charge in [-0.15, -0.1) is 0 Å². The monoisotopic (exact) mass is 396 g/mol. The second-order valence-corrected chi connectivity index (χ2v) is 7.44. The Morgan fingerprint density at radius 3 is 2.39 bits per heavy atom. The lowest BCUT2D eigenvalue weighted by molar-refractivity contribution is 0.497. The molecule has 0 spiro atoms. The lowest BCUT2D eigenvalue weighted by Gasteiger charge is -2.38.